The smallest absolute Gasteiger partial charge is 0.413 e. The van der Waals surface area contributed by atoms with Crippen LogP contribution in [0.1, 0.15) is 0 Å². The van der Waals surface area contributed by atoms with Crippen LogP contribution in [-0.4, -0.2) is 24.9 Å². The highest BCUT2D eigenvalue weighted by Gasteiger charge is 2.08. The summed E-state index contributed by atoms with van der Waals surface area (Å²) in [5, 5.41) is 1.99. The lowest BCUT2D eigenvalue weighted by Gasteiger charge is -2.03. The molecule has 0 aliphatic heterocycles. The number of nitrogens with two attached hydrogens (primary N) is 1. The number of halogens is 1. The molecule has 0 spiro atoms. The van der Waals surface area contributed by atoms with Gasteiger partial charge in [-0.1, -0.05) is 0 Å². The van der Waals surface area contributed by atoms with Gasteiger partial charge in [0.25, 0.3) is 0 Å². The highest BCUT2D eigenvalue weighted by molar-refractivity contribution is 8.00. The van der Waals surface area contributed by atoms with Gasteiger partial charge in [0.05, 0.1) is 18.6 Å². The standard InChI is InChI=1S/C10H11FN2O3S/c1-16-10(15)13-9(14)5-17-6-2-3-8(12)7(11)4-6/h2-4H,5,12H2,1H3,(H,13,14,15). The van der Waals surface area contributed by atoms with E-state index >= 15 is 0 Å². The molecule has 3 N–H and O–H groups in total. The lowest BCUT2D eigenvalue weighted by atomic mass is 10.3. The fourth-order valence-electron chi connectivity index (χ4n) is 0.947. The summed E-state index contributed by atoms with van der Waals surface area (Å²) in [5.41, 5.74) is 5.35. The molecule has 0 unspecified atom stereocenters. The molecule has 17 heavy (non-hydrogen) atoms. The van der Waals surface area contributed by atoms with E-state index in [0.29, 0.717) is 4.90 Å². The first-order chi connectivity index (χ1) is 8.02. The molecule has 5 nitrogen and oxygen atoms in total. The van der Waals surface area contributed by atoms with Crippen LogP contribution in [0.3, 0.4) is 0 Å². The van der Waals surface area contributed by atoms with Gasteiger partial charge < -0.3 is 10.5 Å². The van der Waals surface area contributed by atoms with Crippen LogP contribution in [-0.2, 0) is 9.53 Å². The molecule has 0 aliphatic rings. The Morgan fingerprint density at radius 3 is 2.82 bits per heavy atom. The molecule has 0 fully saturated rings. The van der Waals surface area contributed by atoms with Crippen LogP contribution in [0.4, 0.5) is 14.9 Å². The summed E-state index contributed by atoms with van der Waals surface area (Å²) in [6.45, 7) is 0. The molecule has 1 aromatic rings. The van der Waals surface area contributed by atoms with Crippen molar-refractivity contribution < 1.29 is 18.7 Å². The molecule has 7 heteroatoms. The highest BCUT2D eigenvalue weighted by Crippen LogP contribution is 2.21. The number of hydrogen-bond acceptors (Lipinski definition) is 5. The topological polar surface area (TPSA) is 81.4 Å². The number of hydrogen-bond donors (Lipinski definition) is 2. The van der Waals surface area contributed by atoms with Crippen molar-refractivity contribution in [3.63, 3.8) is 0 Å². The van der Waals surface area contributed by atoms with Crippen molar-refractivity contribution in [3.05, 3.63) is 24.0 Å². The van der Waals surface area contributed by atoms with E-state index in [1.54, 1.807) is 6.07 Å². The number of amides is 2. The molecule has 2 amide bonds. The maximum atomic E-state index is 13.1. The van der Waals surface area contributed by atoms with Crippen molar-refractivity contribution in [2.45, 2.75) is 4.90 Å². The van der Waals surface area contributed by atoms with Crippen molar-refractivity contribution in [1.82, 2.24) is 5.32 Å². The first-order valence-electron chi connectivity index (χ1n) is 4.58. The monoisotopic (exact) mass is 258 g/mol. The second-order valence-electron chi connectivity index (χ2n) is 3.01. The number of nitrogen functional groups attached to an aromatic ring is 1. The summed E-state index contributed by atoms with van der Waals surface area (Å²) in [6.07, 6.45) is -0.820. The van der Waals surface area contributed by atoms with Crippen molar-refractivity contribution in [2.75, 3.05) is 18.6 Å². The SMILES string of the molecule is COC(=O)NC(=O)CSc1ccc(N)c(F)c1. The molecule has 92 valence electrons. The van der Waals surface area contributed by atoms with Crippen LogP contribution in [0.15, 0.2) is 23.1 Å². The highest BCUT2D eigenvalue weighted by atomic mass is 32.2. The maximum absolute atomic E-state index is 13.1. The van der Waals surface area contributed by atoms with Gasteiger partial charge in [-0.3, -0.25) is 10.1 Å². The summed E-state index contributed by atoms with van der Waals surface area (Å²) >= 11 is 1.09. The normalized spacial score (nSPS) is 9.76. The fraction of sp³-hybridized carbons (Fsp3) is 0.200. The summed E-state index contributed by atoms with van der Waals surface area (Å²) < 4.78 is 17.3. The first-order valence-corrected chi connectivity index (χ1v) is 5.57. The average molecular weight is 258 g/mol. The van der Waals surface area contributed by atoms with Gasteiger partial charge in [0.1, 0.15) is 5.82 Å². The van der Waals surface area contributed by atoms with Crippen LogP contribution in [0.25, 0.3) is 0 Å². The third kappa shape index (κ3) is 4.31. The van der Waals surface area contributed by atoms with Gasteiger partial charge in [-0.2, -0.15) is 0 Å². The van der Waals surface area contributed by atoms with Crippen molar-refractivity contribution in [1.29, 1.82) is 0 Å². The Morgan fingerprint density at radius 1 is 1.53 bits per heavy atom. The van der Waals surface area contributed by atoms with E-state index in [1.165, 1.54) is 12.1 Å². The Kier molecular flexibility index (Phi) is 4.77. The number of ether oxygens (including phenoxy) is 1. The molecular weight excluding hydrogens is 247 g/mol. The third-order valence-electron chi connectivity index (χ3n) is 1.77. The molecule has 1 rings (SSSR count). The van der Waals surface area contributed by atoms with Crippen LogP contribution in [0.5, 0.6) is 0 Å². The molecule has 0 bridgehead atoms. The van der Waals surface area contributed by atoms with Crippen LogP contribution in [0, 0.1) is 5.82 Å². The lowest BCUT2D eigenvalue weighted by Crippen LogP contribution is -2.31. The third-order valence-corrected chi connectivity index (χ3v) is 2.76. The molecular formula is C10H11FN2O3S. The van der Waals surface area contributed by atoms with E-state index < -0.39 is 17.8 Å². The van der Waals surface area contributed by atoms with Gasteiger partial charge in [-0.15, -0.1) is 11.8 Å². The zero-order chi connectivity index (χ0) is 12.8. The summed E-state index contributed by atoms with van der Waals surface area (Å²) in [6, 6.07) is 4.23. The number of methoxy groups -OCH3 is 1. The number of alkyl carbamates (subject to hydrolysis) is 1. The quantitative estimate of drug-likeness (QED) is 0.632. The van der Waals surface area contributed by atoms with Crippen molar-refractivity contribution in [3.8, 4) is 0 Å². The average Bonchev–Trinajstić information content (AvgIpc) is 2.30. The minimum atomic E-state index is -0.820. The van der Waals surface area contributed by atoms with E-state index in [4.69, 9.17) is 5.73 Å². The molecule has 0 saturated heterocycles. The minimum absolute atomic E-state index is 0.0154. The number of anilines is 1. The van der Waals surface area contributed by atoms with Gasteiger partial charge in [-0.25, -0.2) is 9.18 Å². The van der Waals surface area contributed by atoms with E-state index in [1.807, 2.05) is 5.32 Å². The Labute approximate surface area is 102 Å². The van der Waals surface area contributed by atoms with Gasteiger partial charge in [-0.05, 0) is 18.2 Å². The summed E-state index contributed by atoms with van der Waals surface area (Å²) in [4.78, 5) is 22.4. The molecule has 0 radical (unpaired) electrons. The molecule has 0 saturated carbocycles. The predicted molar refractivity (Wildman–Crippen MR) is 62.1 cm³/mol. The van der Waals surface area contributed by atoms with Crippen molar-refractivity contribution in [2.24, 2.45) is 0 Å². The second-order valence-corrected chi connectivity index (χ2v) is 4.06. The minimum Gasteiger partial charge on any atom is -0.453 e. The van der Waals surface area contributed by atoms with Gasteiger partial charge in [0, 0.05) is 4.90 Å². The molecule has 1 aromatic carbocycles. The van der Waals surface area contributed by atoms with Gasteiger partial charge in [0.2, 0.25) is 5.91 Å². The molecule has 0 aliphatic carbocycles. The number of nitrogens with one attached hydrogen (secondary N) is 1. The molecule has 0 aromatic heterocycles. The Hall–Kier alpha value is -1.76. The Morgan fingerprint density at radius 2 is 2.24 bits per heavy atom. The van der Waals surface area contributed by atoms with Crippen LogP contribution >= 0.6 is 11.8 Å². The van der Waals surface area contributed by atoms with E-state index in [-0.39, 0.29) is 11.4 Å². The number of carbonyl (C=O) groups excluding carboxylic acids is 2. The van der Waals surface area contributed by atoms with Gasteiger partial charge in [0.15, 0.2) is 0 Å². The van der Waals surface area contributed by atoms with E-state index in [2.05, 4.69) is 4.74 Å². The number of thioether (sulfide) groups is 1. The number of rotatable bonds is 3. The summed E-state index contributed by atoms with van der Waals surface area (Å²) in [5.74, 6) is -1.07. The first kappa shape index (κ1) is 13.3. The Balaban J connectivity index is 2.47. The maximum Gasteiger partial charge on any atom is 0.413 e. The number of imide groups is 1. The van der Waals surface area contributed by atoms with E-state index in [0.717, 1.165) is 18.9 Å². The van der Waals surface area contributed by atoms with Crippen LogP contribution < -0.4 is 11.1 Å². The summed E-state index contributed by atoms with van der Waals surface area (Å²) in [7, 11) is 1.16. The zero-order valence-corrected chi connectivity index (χ0v) is 9.84. The van der Waals surface area contributed by atoms with Crippen molar-refractivity contribution >= 4 is 29.4 Å². The molecule has 0 atom stereocenters. The zero-order valence-electron chi connectivity index (χ0n) is 9.03. The van der Waals surface area contributed by atoms with E-state index in [9.17, 15) is 14.0 Å². The van der Waals surface area contributed by atoms with Crippen LogP contribution in [0.2, 0.25) is 0 Å². The lowest BCUT2D eigenvalue weighted by molar-refractivity contribution is -0.117. The largest absolute Gasteiger partial charge is 0.453 e. The predicted octanol–water partition coefficient (Wildman–Crippen LogP) is 1.38. The fourth-order valence-corrected chi connectivity index (χ4v) is 1.67. The van der Waals surface area contributed by atoms with Gasteiger partial charge >= 0.3 is 6.09 Å². The second kappa shape index (κ2) is 6.09. The molecule has 0 heterocycles. The Bertz CT molecular complexity index is 440. The number of benzene rings is 1. The number of carbonyl (C=O) groups is 2.